The van der Waals surface area contributed by atoms with Crippen molar-refractivity contribution in [1.29, 1.82) is 0 Å². The first-order valence-corrected chi connectivity index (χ1v) is 24.9. The minimum atomic E-state index is -1.60. The van der Waals surface area contributed by atoms with E-state index in [0.29, 0.717) is 12.8 Å². The second-order valence-corrected chi connectivity index (χ2v) is 17.3. The van der Waals surface area contributed by atoms with Gasteiger partial charge in [-0.2, -0.15) is 0 Å². The van der Waals surface area contributed by atoms with Gasteiger partial charge in [0.25, 0.3) is 0 Å². The molecule has 0 aromatic heterocycles. The van der Waals surface area contributed by atoms with Gasteiger partial charge in [0, 0.05) is 12.8 Å². The quantitative estimate of drug-likeness (QED) is 0.0265. The predicted molar refractivity (Wildman–Crippen MR) is 243 cm³/mol. The van der Waals surface area contributed by atoms with Crippen molar-refractivity contribution in [3.63, 3.8) is 0 Å². The molecule has 0 bridgehead atoms. The van der Waals surface area contributed by atoms with Gasteiger partial charge in [-0.05, 0) is 44.9 Å². The van der Waals surface area contributed by atoms with Gasteiger partial charge in [0.05, 0.1) is 13.2 Å². The predicted octanol–water partition coefficient (Wildman–Crippen LogP) is 11.3. The number of ether oxygens (including phenoxy) is 4. The highest BCUT2D eigenvalue weighted by Gasteiger charge is 2.44. The number of rotatable bonds is 42. The number of carbonyl (C=O) groups excluding carboxylic acids is 2. The Labute approximate surface area is 366 Å². The van der Waals surface area contributed by atoms with Gasteiger partial charge in [-0.1, -0.05) is 192 Å². The first-order chi connectivity index (χ1) is 29.3. The summed E-state index contributed by atoms with van der Waals surface area (Å²) in [6, 6.07) is 0. The zero-order chi connectivity index (χ0) is 43.7. The smallest absolute Gasteiger partial charge is 0.306 e. The molecular weight excluding hydrogens is 761 g/mol. The van der Waals surface area contributed by atoms with Gasteiger partial charge in [0.1, 0.15) is 31.0 Å². The van der Waals surface area contributed by atoms with Crippen molar-refractivity contribution in [3.05, 3.63) is 24.3 Å². The number of hydrogen-bond acceptors (Lipinski definition) is 10. The Hall–Kier alpha value is -1.82. The summed E-state index contributed by atoms with van der Waals surface area (Å²) in [6.45, 7) is 3.41. The minimum Gasteiger partial charge on any atom is -0.462 e. The third-order valence-electron chi connectivity index (χ3n) is 11.6. The molecule has 6 atom stereocenters. The van der Waals surface area contributed by atoms with Gasteiger partial charge >= 0.3 is 11.9 Å². The summed E-state index contributed by atoms with van der Waals surface area (Å²) in [5.74, 6) is -0.847. The van der Waals surface area contributed by atoms with E-state index in [4.69, 9.17) is 18.9 Å². The van der Waals surface area contributed by atoms with Crippen LogP contribution in [0, 0.1) is 0 Å². The third-order valence-corrected chi connectivity index (χ3v) is 11.6. The van der Waals surface area contributed by atoms with Gasteiger partial charge in [-0.15, -0.1) is 0 Å². The molecule has 1 saturated heterocycles. The van der Waals surface area contributed by atoms with Crippen molar-refractivity contribution in [3.8, 4) is 0 Å². The van der Waals surface area contributed by atoms with Gasteiger partial charge in [0.15, 0.2) is 12.4 Å². The Morgan fingerprint density at radius 1 is 0.500 bits per heavy atom. The molecular formula is C50H92O10. The second kappa shape index (κ2) is 41.2. The van der Waals surface area contributed by atoms with E-state index in [1.54, 1.807) is 0 Å². The summed E-state index contributed by atoms with van der Waals surface area (Å²) in [7, 11) is 0. The zero-order valence-electron chi connectivity index (χ0n) is 38.5. The highest BCUT2D eigenvalue weighted by atomic mass is 16.7. The first kappa shape index (κ1) is 56.2. The van der Waals surface area contributed by atoms with Gasteiger partial charge in [0.2, 0.25) is 0 Å². The van der Waals surface area contributed by atoms with Crippen LogP contribution in [-0.2, 0) is 28.5 Å². The van der Waals surface area contributed by atoms with E-state index >= 15 is 0 Å². The van der Waals surface area contributed by atoms with Crippen molar-refractivity contribution in [2.45, 2.75) is 263 Å². The van der Waals surface area contributed by atoms with E-state index in [2.05, 4.69) is 38.2 Å². The highest BCUT2D eigenvalue weighted by molar-refractivity contribution is 5.70. The Bertz CT molecular complexity index is 1030. The number of aliphatic hydroxyl groups excluding tert-OH is 4. The Balaban J connectivity index is 2.26. The standard InChI is InChI=1S/C50H92O10/c1-3-5-7-9-11-13-15-17-18-19-20-21-22-23-24-25-26-27-29-30-32-34-36-38-45(52)57-41-43(42-58-50-49(56)48(55)47(54)44(40-51)60-50)59-46(53)39-37-35-33-31-28-16-14-12-10-8-6-4-2/h25-26,30,32,43-44,47-51,54-56H,3-24,27-29,31,33-42H2,1-2H3/b26-25+,32-30+/t43-,44-,47+,48?,49?,50-/m0/s1. The van der Waals surface area contributed by atoms with E-state index in [-0.39, 0.29) is 26.1 Å². The molecule has 0 aromatic rings. The van der Waals surface area contributed by atoms with Gasteiger partial charge < -0.3 is 39.4 Å². The number of allylic oxidation sites excluding steroid dienone is 4. The van der Waals surface area contributed by atoms with Crippen LogP contribution < -0.4 is 0 Å². The molecule has 1 rings (SSSR count). The van der Waals surface area contributed by atoms with Crippen molar-refractivity contribution in [2.75, 3.05) is 19.8 Å². The van der Waals surface area contributed by atoms with E-state index in [1.807, 2.05) is 0 Å². The lowest BCUT2D eigenvalue weighted by Gasteiger charge is -2.39. The summed E-state index contributed by atoms with van der Waals surface area (Å²) in [4.78, 5) is 25.3. The zero-order valence-corrected chi connectivity index (χ0v) is 38.5. The third kappa shape index (κ3) is 31.9. The normalized spacial score (nSPS) is 20.0. The molecule has 4 N–H and O–H groups in total. The molecule has 1 fully saturated rings. The van der Waals surface area contributed by atoms with Crippen LogP contribution in [0.5, 0.6) is 0 Å². The Kier molecular flexibility index (Phi) is 38.6. The van der Waals surface area contributed by atoms with Crippen molar-refractivity contribution in [1.82, 2.24) is 0 Å². The van der Waals surface area contributed by atoms with Crippen molar-refractivity contribution < 1.29 is 49.0 Å². The topological polar surface area (TPSA) is 152 Å². The fourth-order valence-corrected chi connectivity index (χ4v) is 7.62. The van der Waals surface area contributed by atoms with Crippen LogP contribution in [0.25, 0.3) is 0 Å². The monoisotopic (exact) mass is 853 g/mol. The molecule has 10 nitrogen and oxygen atoms in total. The summed E-state index contributed by atoms with van der Waals surface area (Å²) in [5.41, 5.74) is 0. The molecule has 60 heavy (non-hydrogen) atoms. The lowest BCUT2D eigenvalue weighted by molar-refractivity contribution is -0.305. The number of carbonyl (C=O) groups is 2. The first-order valence-electron chi connectivity index (χ1n) is 24.9. The Morgan fingerprint density at radius 3 is 1.40 bits per heavy atom. The molecule has 0 radical (unpaired) electrons. The van der Waals surface area contributed by atoms with E-state index in [1.165, 1.54) is 141 Å². The molecule has 0 spiro atoms. The maximum absolute atomic E-state index is 12.8. The average Bonchev–Trinajstić information content (AvgIpc) is 3.25. The molecule has 0 aliphatic carbocycles. The lowest BCUT2D eigenvalue weighted by Crippen LogP contribution is -2.59. The number of esters is 2. The number of aliphatic hydroxyl groups is 4. The second-order valence-electron chi connectivity index (χ2n) is 17.3. The van der Waals surface area contributed by atoms with Gasteiger partial charge in [-0.25, -0.2) is 0 Å². The molecule has 0 amide bonds. The van der Waals surface area contributed by atoms with E-state index in [0.717, 1.165) is 44.9 Å². The van der Waals surface area contributed by atoms with Crippen molar-refractivity contribution in [2.24, 2.45) is 0 Å². The van der Waals surface area contributed by atoms with Crippen LogP contribution in [0.3, 0.4) is 0 Å². The summed E-state index contributed by atoms with van der Waals surface area (Å²) >= 11 is 0. The summed E-state index contributed by atoms with van der Waals surface area (Å²) in [6.07, 6.45) is 39.2. The molecule has 0 saturated carbocycles. The van der Waals surface area contributed by atoms with Crippen LogP contribution in [0.15, 0.2) is 24.3 Å². The summed E-state index contributed by atoms with van der Waals surface area (Å²) in [5, 5.41) is 40.1. The number of hydrogen-bond donors (Lipinski definition) is 4. The van der Waals surface area contributed by atoms with Crippen LogP contribution in [-0.4, -0.2) is 89.0 Å². The SMILES string of the molecule is CCCCCCCCCCCCCCCC/C=C/CC/C=C/CCCC(=O)OC[C@@H](CO[C@H]1O[C@@H](CO)[C@@H](O)C(O)C1O)OC(=O)CCCCCCCCCCCCCC. The molecule has 352 valence electrons. The lowest BCUT2D eigenvalue weighted by atomic mass is 9.99. The average molecular weight is 853 g/mol. The van der Waals surface area contributed by atoms with Crippen LogP contribution in [0.4, 0.5) is 0 Å². The fraction of sp³-hybridized carbons (Fsp3) is 0.880. The van der Waals surface area contributed by atoms with E-state index < -0.39 is 55.4 Å². The van der Waals surface area contributed by atoms with Crippen LogP contribution >= 0.6 is 0 Å². The molecule has 1 heterocycles. The number of unbranched alkanes of at least 4 members (excludes halogenated alkanes) is 27. The maximum atomic E-state index is 12.8. The fourth-order valence-electron chi connectivity index (χ4n) is 7.62. The van der Waals surface area contributed by atoms with Crippen molar-refractivity contribution >= 4 is 11.9 Å². The molecule has 10 heteroatoms. The van der Waals surface area contributed by atoms with Crippen LogP contribution in [0.2, 0.25) is 0 Å². The highest BCUT2D eigenvalue weighted by Crippen LogP contribution is 2.23. The molecule has 1 aliphatic heterocycles. The molecule has 2 unspecified atom stereocenters. The minimum absolute atomic E-state index is 0.219. The van der Waals surface area contributed by atoms with E-state index in [9.17, 15) is 30.0 Å². The largest absolute Gasteiger partial charge is 0.462 e. The summed E-state index contributed by atoms with van der Waals surface area (Å²) < 4.78 is 22.1. The molecule has 1 aliphatic rings. The maximum Gasteiger partial charge on any atom is 0.306 e. The van der Waals surface area contributed by atoms with Gasteiger partial charge in [-0.3, -0.25) is 9.59 Å². The molecule has 0 aromatic carbocycles. The Morgan fingerprint density at radius 2 is 0.917 bits per heavy atom. The van der Waals surface area contributed by atoms with Crippen LogP contribution in [0.1, 0.15) is 226 Å².